The summed E-state index contributed by atoms with van der Waals surface area (Å²) in [5.41, 5.74) is 1.72. The minimum Gasteiger partial charge on any atom is -0.501 e. The van der Waals surface area contributed by atoms with Gasteiger partial charge in [0.15, 0.2) is 5.69 Å². The highest BCUT2D eigenvalue weighted by Crippen LogP contribution is 2.43. The lowest BCUT2D eigenvalue weighted by Crippen LogP contribution is -2.29. The zero-order valence-corrected chi connectivity index (χ0v) is 21.0. The zero-order chi connectivity index (χ0) is 26.3. The maximum atomic E-state index is 14.4. The number of hydrogen-bond donors (Lipinski definition) is 2. The second-order valence-corrected chi connectivity index (χ2v) is 8.95. The van der Waals surface area contributed by atoms with Gasteiger partial charge in [-0.15, -0.1) is 0 Å². The van der Waals surface area contributed by atoms with Gasteiger partial charge in [0.1, 0.15) is 23.6 Å². The van der Waals surface area contributed by atoms with Gasteiger partial charge >= 0.3 is 0 Å². The molecule has 0 aliphatic carbocycles. The molecule has 0 aliphatic heterocycles. The summed E-state index contributed by atoms with van der Waals surface area (Å²) in [5.74, 6) is -3.12. The van der Waals surface area contributed by atoms with Crippen molar-refractivity contribution in [2.75, 3.05) is 5.32 Å². The molecule has 1 aromatic carbocycles. The van der Waals surface area contributed by atoms with Crippen LogP contribution in [0.2, 0.25) is 5.02 Å². The third-order valence-electron chi connectivity index (χ3n) is 6.28. The van der Waals surface area contributed by atoms with Crippen molar-refractivity contribution in [1.82, 2.24) is 24.5 Å². The predicted molar refractivity (Wildman–Crippen MR) is 130 cm³/mol. The molecule has 0 bridgehead atoms. The highest BCUT2D eigenvalue weighted by molar-refractivity contribution is 6.31. The summed E-state index contributed by atoms with van der Waals surface area (Å²) in [6.45, 7) is 5.50. The fourth-order valence-corrected chi connectivity index (χ4v) is 4.68. The molecule has 0 saturated carbocycles. The van der Waals surface area contributed by atoms with Crippen LogP contribution in [0.25, 0.3) is 0 Å². The lowest BCUT2D eigenvalue weighted by atomic mass is 9.79. The fraction of sp³-hybridized carbons (Fsp3) is 0.292. The number of halogens is 2. The van der Waals surface area contributed by atoms with Crippen molar-refractivity contribution in [3.8, 4) is 5.75 Å². The van der Waals surface area contributed by atoms with Gasteiger partial charge in [0.25, 0.3) is 11.5 Å². The Morgan fingerprint density at radius 2 is 2.00 bits per heavy atom. The molecule has 10 nitrogen and oxygen atoms in total. The van der Waals surface area contributed by atoms with E-state index in [1.807, 2.05) is 13.8 Å². The number of amides is 1. The first-order chi connectivity index (χ1) is 17.0. The van der Waals surface area contributed by atoms with Crippen molar-refractivity contribution in [1.29, 1.82) is 0 Å². The average Bonchev–Trinajstić information content (AvgIpc) is 3.43. The number of carbonyl (C=O) groups is 1. The molecular formula is C24H24ClFN6O4. The first-order valence-electron chi connectivity index (χ1n) is 11.0. The van der Waals surface area contributed by atoms with E-state index >= 15 is 0 Å². The molecule has 0 saturated heterocycles. The van der Waals surface area contributed by atoms with Crippen LogP contribution in [0.5, 0.6) is 5.75 Å². The van der Waals surface area contributed by atoms with Crippen molar-refractivity contribution in [3.05, 3.63) is 85.9 Å². The van der Waals surface area contributed by atoms with E-state index in [2.05, 4.69) is 20.6 Å². The first-order valence-corrected chi connectivity index (χ1v) is 11.3. The maximum Gasteiger partial charge on any atom is 0.296 e. The molecule has 188 valence electrons. The normalized spacial score (nSPS) is 13.0. The Bertz CT molecular complexity index is 1510. The van der Waals surface area contributed by atoms with Gasteiger partial charge < -0.3 is 14.9 Å². The predicted octanol–water partition coefficient (Wildman–Crippen LogP) is 3.80. The molecule has 36 heavy (non-hydrogen) atoms. The van der Waals surface area contributed by atoms with Crippen molar-refractivity contribution >= 4 is 23.2 Å². The van der Waals surface area contributed by atoms with E-state index in [1.165, 1.54) is 37.7 Å². The lowest BCUT2D eigenvalue weighted by molar-refractivity contribution is 0.101. The molecule has 0 fully saturated rings. The van der Waals surface area contributed by atoms with Crippen LogP contribution >= 0.6 is 11.6 Å². The summed E-state index contributed by atoms with van der Waals surface area (Å²) >= 11 is 6.54. The van der Waals surface area contributed by atoms with Gasteiger partial charge in [-0.3, -0.25) is 18.8 Å². The second-order valence-electron chi connectivity index (χ2n) is 8.54. The number of aryl methyl sites for hydroxylation is 2. The van der Waals surface area contributed by atoms with Crippen LogP contribution in [0.15, 0.2) is 40.0 Å². The summed E-state index contributed by atoms with van der Waals surface area (Å²) in [4.78, 5) is 30.2. The van der Waals surface area contributed by atoms with E-state index in [0.29, 0.717) is 16.3 Å². The number of nitrogens with one attached hydrogen (secondary N) is 1. The molecule has 0 radical (unpaired) electrons. The van der Waals surface area contributed by atoms with Gasteiger partial charge in [-0.2, -0.15) is 5.10 Å². The largest absolute Gasteiger partial charge is 0.501 e. The second kappa shape index (κ2) is 9.57. The summed E-state index contributed by atoms with van der Waals surface area (Å²) < 4.78 is 22.0. The van der Waals surface area contributed by atoms with Crippen LogP contribution in [-0.2, 0) is 14.1 Å². The van der Waals surface area contributed by atoms with E-state index < -0.39 is 40.6 Å². The van der Waals surface area contributed by atoms with Crippen LogP contribution in [0.3, 0.4) is 0 Å². The lowest BCUT2D eigenvalue weighted by Gasteiger charge is -2.27. The highest BCUT2D eigenvalue weighted by Gasteiger charge is 2.33. The number of aromatic nitrogens is 5. The molecule has 1 amide bonds. The molecule has 0 aliphatic rings. The zero-order valence-electron chi connectivity index (χ0n) is 20.2. The molecule has 0 unspecified atom stereocenters. The topological polar surface area (TPSA) is 128 Å². The van der Waals surface area contributed by atoms with Gasteiger partial charge in [0, 0.05) is 42.2 Å². The van der Waals surface area contributed by atoms with E-state index in [-0.39, 0.29) is 11.5 Å². The Morgan fingerprint density at radius 3 is 2.61 bits per heavy atom. The number of aromatic hydroxyl groups is 1. The number of hydrogen-bond acceptors (Lipinski definition) is 7. The summed E-state index contributed by atoms with van der Waals surface area (Å²) in [5, 5.41) is 21.2. The molecule has 4 aromatic rings. The van der Waals surface area contributed by atoms with Crippen molar-refractivity contribution in [2.24, 2.45) is 14.1 Å². The van der Waals surface area contributed by atoms with Gasteiger partial charge in [-0.05, 0) is 37.6 Å². The summed E-state index contributed by atoms with van der Waals surface area (Å²) in [7, 11) is 3.23. The monoisotopic (exact) mass is 514 g/mol. The number of nitrogens with zero attached hydrogens (tertiary/aromatic N) is 5. The number of anilines is 1. The van der Waals surface area contributed by atoms with Crippen molar-refractivity contribution in [3.63, 3.8) is 0 Å². The summed E-state index contributed by atoms with van der Waals surface area (Å²) in [6.07, 6.45) is 2.45. The van der Waals surface area contributed by atoms with E-state index in [9.17, 15) is 19.1 Å². The van der Waals surface area contributed by atoms with E-state index in [4.69, 9.17) is 16.1 Å². The minimum atomic E-state index is -0.823. The van der Waals surface area contributed by atoms with Crippen LogP contribution in [-0.4, -0.2) is 35.5 Å². The molecule has 2 N–H and O–H groups in total. The highest BCUT2D eigenvalue weighted by atomic mass is 35.5. The Hall–Kier alpha value is -3.99. The van der Waals surface area contributed by atoms with Gasteiger partial charge in [-0.1, -0.05) is 23.7 Å². The molecule has 0 spiro atoms. The van der Waals surface area contributed by atoms with Gasteiger partial charge in [0.2, 0.25) is 5.75 Å². The van der Waals surface area contributed by atoms with Crippen molar-refractivity contribution in [2.45, 2.75) is 32.6 Å². The van der Waals surface area contributed by atoms with E-state index in [1.54, 1.807) is 18.7 Å². The molecular weight excluding hydrogens is 491 g/mol. The third-order valence-corrected chi connectivity index (χ3v) is 6.63. The third kappa shape index (κ3) is 4.37. The standard InChI is InChI=1S/C24H24ClFN6O4/c1-11(18(16-8-14(26)6-7-17(16)25)19-12(2)30-32(5)13(19)3)22-29-20(21(33)24(35)31(22)4)23(34)28-15-9-27-36-10-15/h6-11,18,33H,1-5H3,(H,28,34)/t11-,18+/m0/s1. The Balaban J connectivity index is 1.91. The summed E-state index contributed by atoms with van der Waals surface area (Å²) in [6, 6.07) is 4.07. The molecule has 12 heteroatoms. The van der Waals surface area contributed by atoms with Crippen LogP contribution < -0.4 is 10.9 Å². The fourth-order valence-electron chi connectivity index (χ4n) is 4.45. The number of carbonyl (C=O) groups excluding carboxylic acids is 1. The van der Waals surface area contributed by atoms with Crippen LogP contribution in [0.4, 0.5) is 10.1 Å². The Morgan fingerprint density at radius 1 is 1.28 bits per heavy atom. The Labute approximate surface area is 210 Å². The van der Waals surface area contributed by atoms with Gasteiger partial charge in [0.05, 0.1) is 11.9 Å². The maximum absolute atomic E-state index is 14.4. The van der Waals surface area contributed by atoms with Crippen LogP contribution in [0, 0.1) is 19.7 Å². The Kier molecular flexibility index (Phi) is 6.68. The van der Waals surface area contributed by atoms with E-state index in [0.717, 1.165) is 15.8 Å². The number of rotatable bonds is 6. The van der Waals surface area contributed by atoms with Crippen molar-refractivity contribution < 1.29 is 18.8 Å². The quantitative estimate of drug-likeness (QED) is 0.400. The molecule has 2 atom stereocenters. The molecule has 3 aromatic heterocycles. The molecule has 3 heterocycles. The first kappa shape index (κ1) is 25.1. The minimum absolute atomic E-state index is 0.182. The molecule has 4 rings (SSSR count). The smallest absolute Gasteiger partial charge is 0.296 e. The average molecular weight is 515 g/mol. The number of benzene rings is 1. The SMILES string of the molecule is Cc1nn(C)c(C)c1[C@@H](c1cc(F)ccc1Cl)[C@H](C)c1nc(C(=O)Nc2cnoc2)c(O)c(=O)n1C. The van der Waals surface area contributed by atoms with Crippen LogP contribution in [0.1, 0.15) is 57.6 Å². The van der Waals surface area contributed by atoms with Gasteiger partial charge in [-0.25, -0.2) is 9.37 Å².